The van der Waals surface area contributed by atoms with Gasteiger partial charge in [0.25, 0.3) is 0 Å². The van der Waals surface area contributed by atoms with Crippen molar-refractivity contribution in [2.45, 2.75) is 32.8 Å². The van der Waals surface area contributed by atoms with Crippen molar-refractivity contribution in [3.63, 3.8) is 0 Å². The molecule has 0 aromatic heterocycles. The van der Waals surface area contributed by atoms with Crippen molar-refractivity contribution in [2.24, 2.45) is 0 Å². The third-order valence-corrected chi connectivity index (χ3v) is 2.37. The van der Waals surface area contributed by atoms with Gasteiger partial charge in [-0.1, -0.05) is 5.40 Å². The lowest BCUT2D eigenvalue weighted by molar-refractivity contribution is -0.917. The first-order valence-corrected chi connectivity index (χ1v) is 5.41. The van der Waals surface area contributed by atoms with Gasteiger partial charge in [-0.2, -0.15) is 0 Å². The van der Waals surface area contributed by atoms with E-state index in [-0.39, 0.29) is 0 Å². The molecule has 1 rings (SSSR count). The van der Waals surface area contributed by atoms with Crippen LogP contribution in [0.2, 0.25) is 0 Å². The molecule has 3 nitrogen and oxygen atoms in total. The Morgan fingerprint density at radius 1 is 1.43 bits per heavy atom. The van der Waals surface area contributed by atoms with E-state index in [0.29, 0.717) is 6.10 Å². The first-order chi connectivity index (χ1) is 6.54. The van der Waals surface area contributed by atoms with Crippen LogP contribution in [-0.4, -0.2) is 37.5 Å². The van der Waals surface area contributed by atoms with Gasteiger partial charge in [-0.3, -0.25) is 0 Å². The highest BCUT2D eigenvalue weighted by Crippen LogP contribution is 2.16. The number of hydrogen-bond acceptors (Lipinski definition) is 3. The summed E-state index contributed by atoms with van der Waals surface area (Å²) in [5.74, 6) is 0. The first kappa shape index (κ1) is 13.6. The minimum absolute atomic E-state index is 0.380. The lowest BCUT2D eigenvalue weighted by atomic mass is 10.4. The number of nitriles is 1. The molecule has 1 heterocycles. The number of nitrogens with zero attached hydrogens (tertiary/aromatic N) is 2. The molecule has 0 saturated carbocycles. The molecule has 0 atom stereocenters. The molecule has 0 unspecified atom stereocenters. The van der Waals surface area contributed by atoms with Crippen molar-refractivity contribution < 1.29 is 9.22 Å². The highest BCUT2D eigenvalue weighted by Gasteiger charge is 2.26. The van der Waals surface area contributed by atoms with Crippen LogP contribution in [0.1, 0.15) is 26.7 Å². The summed E-state index contributed by atoms with van der Waals surface area (Å²) < 4.78 is 6.72. The van der Waals surface area contributed by atoms with Crippen molar-refractivity contribution >= 4 is 12.6 Å². The molecule has 4 heteroatoms. The molecule has 1 fully saturated rings. The number of likely N-dealkylation sites (tertiary alicyclic amines) is 1. The quantitative estimate of drug-likeness (QED) is 0.408. The third-order valence-electron chi connectivity index (χ3n) is 2.37. The van der Waals surface area contributed by atoms with Crippen LogP contribution in [-0.2, 0) is 17.4 Å². The normalized spacial score (nSPS) is 18.5. The smallest absolute Gasteiger partial charge is 0.183 e. The third kappa shape index (κ3) is 6.14. The molecule has 1 aliphatic heterocycles. The fourth-order valence-corrected chi connectivity index (χ4v) is 1.56. The van der Waals surface area contributed by atoms with Gasteiger partial charge in [0, 0.05) is 12.8 Å². The number of hydrogen-bond donors (Lipinski definition) is 0. The van der Waals surface area contributed by atoms with Crippen LogP contribution >= 0.6 is 0 Å². The molecule has 14 heavy (non-hydrogen) atoms. The summed E-state index contributed by atoms with van der Waals surface area (Å²) in [7, 11) is 2.29. The summed E-state index contributed by atoms with van der Waals surface area (Å²) in [6.07, 6.45) is 3.13. The van der Waals surface area contributed by atoms with Crippen LogP contribution in [0.5, 0.6) is 0 Å². The van der Waals surface area contributed by atoms with Gasteiger partial charge in [-0.25, -0.2) is 5.26 Å². The second-order valence-corrected chi connectivity index (χ2v) is 4.39. The monoisotopic (exact) mass is 216 g/mol. The molecular weight excluding hydrogens is 196 g/mol. The Morgan fingerprint density at radius 3 is 2.21 bits per heavy atom. The fraction of sp³-hybridized carbons (Fsp3) is 0.900. The molecule has 1 aliphatic rings. The van der Waals surface area contributed by atoms with E-state index in [0.717, 1.165) is 11.2 Å². The highest BCUT2D eigenvalue weighted by molar-refractivity contribution is 7.64. The van der Waals surface area contributed by atoms with Crippen molar-refractivity contribution in [3.05, 3.63) is 0 Å². The lowest BCUT2D eigenvalue weighted by Gasteiger charge is -2.29. The van der Waals surface area contributed by atoms with Crippen LogP contribution < -0.4 is 0 Å². The minimum Gasteiger partial charge on any atom is -0.696 e. The van der Waals surface area contributed by atoms with Gasteiger partial charge in [-0.05, 0) is 13.8 Å². The maximum absolute atomic E-state index is 7.13. The Kier molecular flexibility index (Phi) is 6.81. The van der Waals surface area contributed by atoms with Crippen LogP contribution in [0.4, 0.5) is 0 Å². The van der Waals surface area contributed by atoms with Gasteiger partial charge in [0.2, 0.25) is 0 Å². The lowest BCUT2D eigenvalue weighted by Crippen LogP contribution is -2.43. The Balaban J connectivity index is 0.000000500. The van der Waals surface area contributed by atoms with Crippen LogP contribution in [0.15, 0.2) is 0 Å². The Morgan fingerprint density at radius 2 is 1.86 bits per heavy atom. The summed E-state index contributed by atoms with van der Waals surface area (Å²) in [5, 5.41) is 8.47. The molecule has 0 aromatic carbocycles. The average molecular weight is 216 g/mol. The van der Waals surface area contributed by atoms with Crippen molar-refractivity contribution in [1.29, 1.82) is 5.26 Å². The predicted octanol–water partition coefficient (Wildman–Crippen LogP) is 1.62. The maximum Gasteiger partial charge on any atom is 0.183 e. The van der Waals surface area contributed by atoms with E-state index in [9.17, 15) is 0 Å². The number of quaternary nitrogens is 1. The summed E-state index contributed by atoms with van der Waals surface area (Å²) >= 11 is 3.70. The predicted molar refractivity (Wildman–Crippen MR) is 59.2 cm³/mol. The molecule has 0 bridgehead atoms. The number of thiocyanates is 1. The zero-order chi connectivity index (χ0) is 11.0. The fourth-order valence-electron chi connectivity index (χ4n) is 1.56. The van der Waals surface area contributed by atoms with Crippen molar-refractivity contribution in [2.75, 3.05) is 26.9 Å². The van der Waals surface area contributed by atoms with Crippen LogP contribution in [0.3, 0.4) is 0 Å². The van der Waals surface area contributed by atoms with Gasteiger partial charge in [-0.15, -0.1) is 0 Å². The molecule has 0 aromatic rings. The maximum atomic E-state index is 7.13. The van der Waals surface area contributed by atoms with Gasteiger partial charge >= 0.3 is 0 Å². The molecule has 82 valence electrons. The van der Waals surface area contributed by atoms with E-state index in [4.69, 9.17) is 10.00 Å². The molecule has 0 aliphatic carbocycles. The van der Waals surface area contributed by atoms with E-state index >= 15 is 0 Å². The van der Waals surface area contributed by atoms with E-state index in [2.05, 4.69) is 33.5 Å². The first-order valence-electron chi connectivity index (χ1n) is 5.00. The second kappa shape index (κ2) is 6.99. The minimum atomic E-state index is 0.380. The highest BCUT2D eigenvalue weighted by atomic mass is 32.1. The van der Waals surface area contributed by atoms with E-state index < -0.39 is 0 Å². The molecular formula is C10H20N2OS. The standard InChI is InChI=1S/C9H20NO.CHNS/c1-9(2)11-8-10(3)6-4-5-7-10;2-1-3/h9H,4-8H2,1-3H3;3H/q+1;/p-1. The summed E-state index contributed by atoms with van der Waals surface area (Å²) in [6.45, 7) is 7.70. The molecule has 0 amide bonds. The molecule has 0 spiro atoms. The Labute approximate surface area is 92.7 Å². The SMILES string of the molecule is CC(C)OC[N+]1(C)CCCC1.N#C[S-]. The van der Waals surface area contributed by atoms with Crippen molar-refractivity contribution in [3.8, 4) is 5.40 Å². The molecule has 0 N–H and O–H groups in total. The van der Waals surface area contributed by atoms with Gasteiger partial charge in [0.1, 0.15) is 0 Å². The van der Waals surface area contributed by atoms with Gasteiger partial charge in [0.05, 0.1) is 26.2 Å². The largest absolute Gasteiger partial charge is 0.696 e. The Hall–Kier alpha value is -0.370. The second-order valence-electron chi connectivity index (χ2n) is 4.21. The van der Waals surface area contributed by atoms with Crippen LogP contribution in [0, 0.1) is 10.7 Å². The molecule has 0 radical (unpaired) electrons. The Bertz CT molecular complexity index is 183. The van der Waals surface area contributed by atoms with Gasteiger partial charge in [0.15, 0.2) is 6.73 Å². The van der Waals surface area contributed by atoms with Gasteiger partial charge < -0.3 is 21.8 Å². The molecule has 1 saturated heterocycles. The number of rotatable bonds is 3. The van der Waals surface area contributed by atoms with E-state index in [1.54, 1.807) is 0 Å². The van der Waals surface area contributed by atoms with Crippen molar-refractivity contribution in [1.82, 2.24) is 0 Å². The van der Waals surface area contributed by atoms with E-state index in [1.807, 2.05) is 0 Å². The summed E-state index contributed by atoms with van der Waals surface area (Å²) in [5.41, 5.74) is 0. The summed E-state index contributed by atoms with van der Waals surface area (Å²) in [4.78, 5) is 0. The zero-order valence-electron chi connectivity index (χ0n) is 9.32. The summed E-state index contributed by atoms with van der Waals surface area (Å²) in [6, 6.07) is 0. The van der Waals surface area contributed by atoms with Crippen LogP contribution in [0.25, 0.3) is 0 Å². The average Bonchev–Trinajstić information content (AvgIpc) is 2.51. The topological polar surface area (TPSA) is 33.0 Å². The zero-order valence-corrected chi connectivity index (χ0v) is 10.1. The van der Waals surface area contributed by atoms with E-state index in [1.165, 1.54) is 31.3 Å². The number of ether oxygens (including phenoxy) is 1.